The normalized spacial score (nSPS) is 17.2. The van der Waals surface area contributed by atoms with Crippen molar-refractivity contribution in [3.8, 4) is 0 Å². The van der Waals surface area contributed by atoms with E-state index in [2.05, 4.69) is 47.0 Å². The third kappa shape index (κ3) is 4.11. The molecule has 1 fully saturated rings. The second kappa shape index (κ2) is 7.31. The Morgan fingerprint density at radius 2 is 1.95 bits per heavy atom. The van der Waals surface area contributed by atoms with E-state index in [1.165, 1.54) is 16.8 Å². The molecule has 0 spiro atoms. The zero-order valence-corrected chi connectivity index (χ0v) is 13.0. The maximum Gasteiger partial charge on any atom is 0.139 e. The summed E-state index contributed by atoms with van der Waals surface area (Å²) in [6.45, 7) is 9.65. The molecule has 1 saturated heterocycles. The third-order valence-corrected chi connectivity index (χ3v) is 4.32. The van der Waals surface area contributed by atoms with E-state index in [0.717, 1.165) is 39.1 Å². The molecule has 1 aromatic rings. The second-order valence-electron chi connectivity index (χ2n) is 5.74. The van der Waals surface area contributed by atoms with Crippen molar-refractivity contribution in [3.63, 3.8) is 0 Å². The fraction of sp³-hybridized carbons (Fsp3) is 0.562. The van der Waals surface area contributed by atoms with Gasteiger partial charge in [-0.05, 0) is 44.0 Å². The van der Waals surface area contributed by atoms with Crippen molar-refractivity contribution in [2.75, 3.05) is 37.6 Å². The molecule has 2 rings (SSSR count). The van der Waals surface area contributed by atoms with Gasteiger partial charge in [-0.2, -0.15) is 0 Å². The molecule has 0 aromatic heterocycles. The molecular weight excluding hydrogens is 264 g/mol. The average molecular weight is 290 g/mol. The minimum atomic E-state index is 0.323. The predicted molar refractivity (Wildman–Crippen MR) is 87.2 cm³/mol. The third-order valence-electron chi connectivity index (χ3n) is 4.32. The molecular formula is C16H26N4O. The molecule has 0 atom stereocenters. The molecule has 0 saturated carbocycles. The summed E-state index contributed by atoms with van der Waals surface area (Å²) in [5.41, 5.74) is 9.60. The van der Waals surface area contributed by atoms with Crippen molar-refractivity contribution >= 4 is 11.5 Å². The minimum absolute atomic E-state index is 0.323. The van der Waals surface area contributed by atoms with Gasteiger partial charge in [0.1, 0.15) is 5.84 Å². The van der Waals surface area contributed by atoms with Crippen LogP contribution in [-0.4, -0.2) is 48.7 Å². The zero-order chi connectivity index (χ0) is 15.2. The molecule has 5 heteroatoms. The first-order valence-corrected chi connectivity index (χ1v) is 7.61. The van der Waals surface area contributed by atoms with Crippen LogP contribution in [-0.2, 0) is 0 Å². The smallest absolute Gasteiger partial charge is 0.139 e. The highest BCUT2D eigenvalue weighted by Crippen LogP contribution is 2.23. The highest BCUT2D eigenvalue weighted by atomic mass is 16.4. The number of hydrogen-bond acceptors (Lipinski definition) is 4. The fourth-order valence-electron chi connectivity index (χ4n) is 2.82. The molecule has 0 aliphatic carbocycles. The SMILES string of the molecule is Cc1cccc(N2CCN(CCC/C(N)=N/O)CC2)c1C. The molecule has 21 heavy (non-hydrogen) atoms. The van der Waals surface area contributed by atoms with Crippen LogP contribution >= 0.6 is 0 Å². The number of anilines is 1. The van der Waals surface area contributed by atoms with Crippen LogP contribution in [0.3, 0.4) is 0 Å². The number of amidine groups is 1. The summed E-state index contributed by atoms with van der Waals surface area (Å²) < 4.78 is 0. The Labute approximate surface area is 127 Å². The van der Waals surface area contributed by atoms with Crippen LogP contribution in [0.5, 0.6) is 0 Å². The van der Waals surface area contributed by atoms with Gasteiger partial charge in [-0.3, -0.25) is 4.90 Å². The van der Waals surface area contributed by atoms with Gasteiger partial charge in [0.15, 0.2) is 0 Å². The van der Waals surface area contributed by atoms with Gasteiger partial charge in [0.25, 0.3) is 0 Å². The first-order chi connectivity index (χ1) is 10.1. The van der Waals surface area contributed by atoms with Crippen LogP contribution in [0.4, 0.5) is 5.69 Å². The molecule has 0 amide bonds. The molecule has 1 aromatic carbocycles. The summed E-state index contributed by atoms with van der Waals surface area (Å²) in [6, 6.07) is 6.53. The Morgan fingerprint density at radius 1 is 1.24 bits per heavy atom. The first kappa shape index (κ1) is 15.6. The van der Waals surface area contributed by atoms with Crippen LogP contribution in [0.25, 0.3) is 0 Å². The standard InChI is InChI=1S/C16H26N4O/c1-13-5-3-6-15(14(13)2)20-11-9-19(10-12-20)8-4-7-16(17)18-21/h3,5-6,21H,4,7-12H2,1-2H3,(H2,17,18). The van der Waals surface area contributed by atoms with Gasteiger partial charge in [0, 0.05) is 38.3 Å². The van der Waals surface area contributed by atoms with Gasteiger partial charge in [-0.25, -0.2) is 0 Å². The molecule has 1 heterocycles. The Balaban J connectivity index is 1.82. The van der Waals surface area contributed by atoms with Gasteiger partial charge in [0.2, 0.25) is 0 Å². The van der Waals surface area contributed by atoms with Crippen LogP contribution in [0, 0.1) is 13.8 Å². The molecule has 3 N–H and O–H groups in total. The summed E-state index contributed by atoms with van der Waals surface area (Å²) in [5, 5.41) is 11.5. The van der Waals surface area contributed by atoms with Crippen molar-refractivity contribution in [1.29, 1.82) is 0 Å². The van der Waals surface area contributed by atoms with Gasteiger partial charge >= 0.3 is 0 Å². The lowest BCUT2D eigenvalue weighted by Gasteiger charge is -2.37. The summed E-state index contributed by atoms with van der Waals surface area (Å²) >= 11 is 0. The lowest BCUT2D eigenvalue weighted by molar-refractivity contribution is 0.255. The van der Waals surface area contributed by atoms with Crippen molar-refractivity contribution in [2.24, 2.45) is 10.9 Å². The van der Waals surface area contributed by atoms with Crippen LogP contribution in [0.15, 0.2) is 23.4 Å². The van der Waals surface area contributed by atoms with Gasteiger partial charge < -0.3 is 15.8 Å². The molecule has 1 aliphatic rings. The van der Waals surface area contributed by atoms with Gasteiger partial charge in [-0.15, -0.1) is 0 Å². The Bertz CT molecular complexity index is 493. The number of nitrogens with zero attached hydrogens (tertiary/aromatic N) is 3. The average Bonchev–Trinajstić information content (AvgIpc) is 2.51. The van der Waals surface area contributed by atoms with E-state index in [9.17, 15) is 0 Å². The number of aryl methyl sites for hydroxylation is 1. The minimum Gasteiger partial charge on any atom is -0.409 e. The van der Waals surface area contributed by atoms with Gasteiger partial charge in [0.05, 0.1) is 0 Å². The van der Waals surface area contributed by atoms with Crippen LogP contribution in [0.2, 0.25) is 0 Å². The number of nitrogens with two attached hydrogens (primary N) is 1. The molecule has 0 radical (unpaired) electrons. The molecule has 5 nitrogen and oxygen atoms in total. The predicted octanol–water partition coefficient (Wildman–Crippen LogP) is 1.95. The van der Waals surface area contributed by atoms with Gasteiger partial charge in [-0.1, -0.05) is 17.3 Å². The maximum absolute atomic E-state index is 8.52. The van der Waals surface area contributed by atoms with E-state index in [1.54, 1.807) is 0 Å². The lowest BCUT2D eigenvalue weighted by atomic mass is 10.1. The molecule has 0 unspecified atom stereocenters. The summed E-state index contributed by atoms with van der Waals surface area (Å²) in [4.78, 5) is 4.93. The topological polar surface area (TPSA) is 65.1 Å². The number of hydrogen-bond donors (Lipinski definition) is 2. The highest BCUT2D eigenvalue weighted by molar-refractivity contribution is 5.79. The van der Waals surface area contributed by atoms with E-state index in [0.29, 0.717) is 12.3 Å². The van der Waals surface area contributed by atoms with E-state index in [1.807, 2.05) is 0 Å². The second-order valence-corrected chi connectivity index (χ2v) is 5.74. The van der Waals surface area contributed by atoms with E-state index < -0.39 is 0 Å². The van der Waals surface area contributed by atoms with E-state index >= 15 is 0 Å². The van der Waals surface area contributed by atoms with E-state index in [-0.39, 0.29) is 0 Å². The fourth-order valence-corrected chi connectivity index (χ4v) is 2.82. The van der Waals surface area contributed by atoms with Crippen LogP contribution in [0.1, 0.15) is 24.0 Å². The number of piperazine rings is 1. The Morgan fingerprint density at radius 3 is 2.62 bits per heavy atom. The first-order valence-electron chi connectivity index (χ1n) is 7.61. The zero-order valence-electron chi connectivity index (χ0n) is 13.0. The molecule has 116 valence electrons. The lowest BCUT2D eigenvalue weighted by Crippen LogP contribution is -2.47. The summed E-state index contributed by atoms with van der Waals surface area (Å²) in [7, 11) is 0. The van der Waals surface area contributed by atoms with Crippen molar-refractivity contribution in [1.82, 2.24) is 4.90 Å². The maximum atomic E-state index is 8.52. The van der Waals surface area contributed by atoms with Crippen molar-refractivity contribution in [3.05, 3.63) is 29.3 Å². The Kier molecular flexibility index (Phi) is 5.44. The van der Waals surface area contributed by atoms with Crippen molar-refractivity contribution in [2.45, 2.75) is 26.7 Å². The van der Waals surface area contributed by atoms with Crippen molar-refractivity contribution < 1.29 is 5.21 Å². The largest absolute Gasteiger partial charge is 0.409 e. The summed E-state index contributed by atoms with van der Waals surface area (Å²) in [6.07, 6.45) is 1.60. The number of oxime groups is 1. The number of rotatable bonds is 5. The molecule has 0 bridgehead atoms. The molecule has 1 aliphatic heterocycles. The monoisotopic (exact) mass is 290 g/mol. The number of benzene rings is 1. The Hall–Kier alpha value is -1.75. The highest BCUT2D eigenvalue weighted by Gasteiger charge is 2.18. The quantitative estimate of drug-likeness (QED) is 0.376. The van der Waals surface area contributed by atoms with Crippen LogP contribution < -0.4 is 10.6 Å². The van der Waals surface area contributed by atoms with E-state index in [4.69, 9.17) is 10.9 Å². The summed E-state index contributed by atoms with van der Waals surface area (Å²) in [5.74, 6) is 0.323.